The number of amides is 1. The quantitative estimate of drug-likeness (QED) is 0.228. The van der Waals surface area contributed by atoms with Crippen LogP contribution in [-0.4, -0.2) is 38.7 Å². The molecule has 7 heteroatoms. The molecular formula is C18H31IN4O2. The fourth-order valence-electron chi connectivity index (χ4n) is 2.07. The molecule has 3 N–H and O–H groups in total. The molecular weight excluding hydrogens is 431 g/mol. The zero-order valence-corrected chi connectivity index (χ0v) is 17.9. The zero-order chi connectivity index (χ0) is 17.8. The van der Waals surface area contributed by atoms with Gasteiger partial charge in [-0.1, -0.05) is 26.0 Å². The average Bonchev–Trinajstić information content (AvgIpc) is 2.53. The lowest BCUT2D eigenvalue weighted by Crippen LogP contribution is -2.37. The van der Waals surface area contributed by atoms with E-state index in [9.17, 15) is 4.79 Å². The smallest absolute Gasteiger partial charge is 0.221 e. The number of nitrogens with one attached hydrogen (secondary N) is 3. The molecule has 0 aliphatic carbocycles. The van der Waals surface area contributed by atoms with E-state index in [1.807, 2.05) is 24.3 Å². The maximum atomic E-state index is 11.1. The van der Waals surface area contributed by atoms with Crippen molar-refractivity contribution < 1.29 is 9.53 Å². The second-order valence-electron chi connectivity index (χ2n) is 6.06. The van der Waals surface area contributed by atoms with Gasteiger partial charge in [0.2, 0.25) is 5.91 Å². The van der Waals surface area contributed by atoms with Gasteiger partial charge in [-0.2, -0.15) is 0 Å². The zero-order valence-electron chi connectivity index (χ0n) is 15.6. The van der Waals surface area contributed by atoms with E-state index in [-0.39, 0.29) is 29.9 Å². The normalized spacial score (nSPS) is 11.0. The summed E-state index contributed by atoms with van der Waals surface area (Å²) in [7, 11) is 1.75. The molecule has 0 fully saturated rings. The van der Waals surface area contributed by atoms with Gasteiger partial charge in [-0.15, -0.1) is 24.0 Å². The Hall–Kier alpha value is -1.35. The van der Waals surface area contributed by atoms with E-state index in [2.05, 4.69) is 34.8 Å². The van der Waals surface area contributed by atoms with Crippen molar-refractivity contribution in [3.63, 3.8) is 0 Å². The fourth-order valence-corrected chi connectivity index (χ4v) is 2.07. The van der Waals surface area contributed by atoms with Crippen LogP contribution in [-0.2, 0) is 16.1 Å². The van der Waals surface area contributed by atoms with E-state index in [0.29, 0.717) is 12.5 Å². The maximum Gasteiger partial charge on any atom is 0.221 e. The van der Waals surface area contributed by atoms with Crippen molar-refractivity contribution in [2.45, 2.75) is 33.7 Å². The first-order chi connectivity index (χ1) is 11.5. The molecule has 0 atom stereocenters. The van der Waals surface area contributed by atoms with Crippen LogP contribution in [0.1, 0.15) is 32.8 Å². The number of aliphatic imine (C=N–C) groups is 1. The van der Waals surface area contributed by atoms with Gasteiger partial charge in [-0.3, -0.25) is 9.79 Å². The van der Waals surface area contributed by atoms with Gasteiger partial charge in [-0.05, 0) is 30.0 Å². The van der Waals surface area contributed by atoms with Crippen LogP contribution in [0.4, 0.5) is 5.69 Å². The molecule has 0 aliphatic heterocycles. The number of ether oxygens (including phenoxy) is 1. The van der Waals surface area contributed by atoms with Crippen LogP contribution < -0.4 is 16.0 Å². The molecule has 1 amide bonds. The van der Waals surface area contributed by atoms with Crippen LogP contribution >= 0.6 is 24.0 Å². The second-order valence-corrected chi connectivity index (χ2v) is 6.06. The van der Waals surface area contributed by atoms with Crippen molar-refractivity contribution >= 4 is 41.5 Å². The molecule has 0 aromatic heterocycles. The molecule has 6 nitrogen and oxygen atoms in total. The number of rotatable bonds is 9. The summed E-state index contributed by atoms with van der Waals surface area (Å²) in [4.78, 5) is 15.3. The summed E-state index contributed by atoms with van der Waals surface area (Å²) in [5.74, 6) is 1.25. The number of halogens is 1. The molecule has 0 bridgehead atoms. The first kappa shape index (κ1) is 23.6. The highest BCUT2D eigenvalue weighted by Gasteiger charge is 2.01. The van der Waals surface area contributed by atoms with Crippen molar-refractivity contribution in [2.75, 3.05) is 32.1 Å². The third kappa shape index (κ3) is 11.8. The highest BCUT2D eigenvalue weighted by molar-refractivity contribution is 14.0. The van der Waals surface area contributed by atoms with E-state index in [4.69, 9.17) is 4.74 Å². The number of hydrogen-bond acceptors (Lipinski definition) is 3. The van der Waals surface area contributed by atoms with Gasteiger partial charge in [0.05, 0.1) is 0 Å². The summed E-state index contributed by atoms with van der Waals surface area (Å²) >= 11 is 0. The maximum absolute atomic E-state index is 11.1. The van der Waals surface area contributed by atoms with Gasteiger partial charge in [0.15, 0.2) is 5.96 Å². The molecule has 1 aromatic rings. The Morgan fingerprint density at radius 1 is 1.28 bits per heavy atom. The van der Waals surface area contributed by atoms with Crippen LogP contribution in [0.3, 0.4) is 0 Å². The predicted octanol–water partition coefficient (Wildman–Crippen LogP) is 2.99. The molecule has 0 aliphatic rings. The van der Waals surface area contributed by atoms with Gasteiger partial charge in [0.1, 0.15) is 0 Å². The van der Waals surface area contributed by atoms with Gasteiger partial charge in [0.25, 0.3) is 0 Å². The lowest BCUT2D eigenvalue weighted by atomic mass is 10.2. The van der Waals surface area contributed by atoms with Gasteiger partial charge < -0.3 is 20.7 Å². The number of guanidine groups is 1. The van der Waals surface area contributed by atoms with Crippen LogP contribution in [0.25, 0.3) is 0 Å². The largest absolute Gasteiger partial charge is 0.381 e. The Morgan fingerprint density at radius 3 is 2.68 bits per heavy atom. The van der Waals surface area contributed by atoms with E-state index in [1.165, 1.54) is 6.92 Å². The summed E-state index contributed by atoms with van der Waals surface area (Å²) in [6.07, 6.45) is 0.936. The van der Waals surface area contributed by atoms with Crippen molar-refractivity contribution in [2.24, 2.45) is 10.9 Å². The van der Waals surface area contributed by atoms with E-state index in [1.54, 1.807) is 7.05 Å². The summed E-state index contributed by atoms with van der Waals surface area (Å²) in [5.41, 5.74) is 1.87. The SMILES string of the molecule is CN=C(NCCCOCC(C)C)NCc1cccc(NC(C)=O)c1.I. The molecule has 0 heterocycles. The summed E-state index contributed by atoms with van der Waals surface area (Å²) in [6.45, 7) is 8.79. The molecule has 0 unspecified atom stereocenters. The van der Waals surface area contributed by atoms with Crippen LogP contribution in [0.5, 0.6) is 0 Å². The molecule has 1 aromatic carbocycles. The van der Waals surface area contributed by atoms with Crippen LogP contribution in [0.15, 0.2) is 29.3 Å². The third-order valence-electron chi connectivity index (χ3n) is 3.14. The Morgan fingerprint density at radius 2 is 2.04 bits per heavy atom. The Labute approximate surface area is 168 Å². The number of anilines is 1. The lowest BCUT2D eigenvalue weighted by Gasteiger charge is -2.13. The number of carbonyl (C=O) groups is 1. The molecule has 25 heavy (non-hydrogen) atoms. The van der Waals surface area contributed by atoms with Crippen LogP contribution in [0.2, 0.25) is 0 Å². The lowest BCUT2D eigenvalue weighted by molar-refractivity contribution is -0.114. The average molecular weight is 462 g/mol. The van der Waals surface area contributed by atoms with E-state index in [0.717, 1.165) is 43.4 Å². The molecule has 0 spiro atoms. The number of nitrogens with zero attached hydrogens (tertiary/aromatic N) is 1. The van der Waals surface area contributed by atoms with Crippen molar-refractivity contribution in [3.8, 4) is 0 Å². The first-order valence-electron chi connectivity index (χ1n) is 8.40. The highest BCUT2D eigenvalue weighted by atomic mass is 127. The third-order valence-corrected chi connectivity index (χ3v) is 3.14. The van der Waals surface area contributed by atoms with E-state index < -0.39 is 0 Å². The highest BCUT2D eigenvalue weighted by Crippen LogP contribution is 2.10. The Balaban J connectivity index is 0.00000576. The number of hydrogen-bond donors (Lipinski definition) is 3. The minimum absolute atomic E-state index is 0. The monoisotopic (exact) mass is 462 g/mol. The van der Waals surface area contributed by atoms with Crippen LogP contribution in [0, 0.1) is 5.92 Å². The van der Waals surface area contributed by atoms with Gasteiger partial charge in [-0.25, -0.2) is 0 Å². The topological polar surface area (TPSA) is 74.8 Å². The fraction of sp³-hybridized carbons (Fsp3) is 0.556. The first-order valence-corrected chi connectivity index (χ1v) is 8.40. The molecule has 0 saturated carbocycles. The molecule has 0 radical (unpaired) electrons. The van der Waals surface area contributed by atoms with Crippen molar-refractivity contribution in [1.82, 2.24) is 10.6 Å². The van der Waals surface area contributed by atoms with Crippen molar-refractivity contribution in [3.05, 3.63) is 29.8 Å². The summed E-state index contributed by atoms with van der Waals surface area (Å²) in [5, 5.41) is 9.31. The van der Waals surface area contributed by atoms with Gasteiger partial charge in [0, 0.05) is 46.0 Å². The second kappa shape index (κ2) is 13.9. The standard InChI is InChI=1S/C18H30N4O2.HI/c1-14(2)13-24-10-6-9-20-18(19-4)21-12-16-7-5-8-17(11-16)22-15(3)23;/h5,7-8,11,14H,6,9-10,12-13H2,1-4H3,(H,22,23)(H2,19,20,21);1H. The van der Waals surface area contributed by atoms with Crippen molar-refractivity contribution in [1.29, 1.82) is 0 Å². The molecule has 142 valence electrons. The molecule has 1 rings (SSSR count). The predicted molar refractivity (Wildman–Crippen MR) is 115 cm³/mol. The summed E-state index contributed by atoms with van der Waals surface area (Å²) < 4.78 is 5.55. The Bertz CT molecular complexity index is 536. The van der Waals surface area contributed by atoms with Gasteiger partial charge >= 0.3 is 0 Å². The molecule has 0 saturated heterocycles. The number of carbonyl (C=O) groups excluding carboxylic acids is 1. The minimum Gasteiger partial charge on any atom is -0.381 e. The van der Waals surface area contributed by atoms with E-state index >= 15 is 0 Å². The number of benzene rings is 1. The minimum atomic E-state index is -0.0720. The summed E-state index contributed by atoms with van der Waals surface area (Å²) in [6, 6.07) is 7.74. The Kier molecular flexibility index (Phi) is 13.1.